The van der Waals surface area contributed by atoms with Gasteiger partial charge in [0.2, 0.25) is 0 Å². The van der Waals surface area contributed by atoms with E-state index in [2.05, 4.69) is 18.8 Å². The molecule has 0 amide bonds. The van der Waals surface area contributed by atoms with Crippen molar-refractivity contribution in [1.29, 1.82) is 0 Å². The molecule has 1 aliphatic carbocycles. The topological polar surface area (TPSA) is 12.0 Å². The molecule has 1 nitrogen and oxygen atoms in total. The predicted molar refractivity (Wildman–Crippen MR) is 54.2 cm³/mol. The first-order valence-corrected chi connectivity index (χ1v) is 5.22. The largest absolute Gasteiger partial charge is 0.314 e. The summed E-state index contributed by atoms with van der Waals surface area (Å²) in [6.07, 6.45) is 8.79. The molecular weight excluding hydrogens is 146 g/mol. The van der Waals surface area contributed by atoms with Crippen molar-refractivity contribution in [3.05, 3.63) is 12.7 Å². The van der Waals surface area contributed by atoms with E-state index in [4.69, 9.17) is 0 Å². The van der Waals surface area contributed by atoms with Crippen molar-refractivity contribution in [1.82, 2.24) is 5.32 Å². The van der Waals surface area contributed by atoms with Gasteiger partial charge in [0.15, 0.2) is 0 Å². The lowest BCUT2D eigenvalue weighted by Gasteiger charge is -2.19. The molecule has 0 aliphatic heterocycles. The fourth-order valence-corrected chi connectivity index (χ4v) is 2.25. The van der Waals surface area contributed by atoms with Gasteiger partial charge in [-0.2, -0.15) is 0 Å². The molecule has 0 spiro atoms. The molecule has 2 atom stereocenters. The minimum absolute atomic E-state index is 0.801. The molecular formula is C11H21N. The Labute approximate surface area is 76.2 Å². The molecule has 0 saturated heterocycles. The van der Waals surface area contributed by atoms with Gasteiger partial charge in [-0.1, -0.05) is 19.4 Å². The first-order valence-electron chi connectivity index (χ1n) is 5.22. The third kappa shape index (κ3) is 2.63. The molecule has 1 fully saturated rings. The van der Waals surface area contributed by atoms with Crippen LogP contribution in [0.5, 0.6) is 0 Å². The monoisotopic (exact) mass is 167 g/mol. The average molecular weight is 167 g/mol. The zero-order valence-electron chi connectivity index (χ0n) is 8.18. The first kappa shape index (κ1) is 9.79. The van der Waals surface area contributed by atoms with E-state index in [1.54, 1.807) is 0 Å². The van der Waals surface area contributed by atoms with Crippen molar-refractivity contribution in [2.75, 3.05) is 6.54 Å². The van der Waals surface area contributed by atoms with Crippen LogP contribution in [0.1, 0.15) is 39.0 Å². The van der Waals surface area contributed by atoms with Crippen LogP contribution < -0.4 is 5.32 Å². The van der Waals surface area contributed by atoms with Gasteiger partial charge in [0.1, 0.15) is 0 Å². The lowest BCUT2D eigenvalue weighted by atomic mass is 9.98. The van der Waals surface area contributed by atoms with E-state index in [9.17, 15) is 0 Å². The summed E-state index contributed by atoms with van der Waals surface area (Å²) >= 11 is 0. The van der Waals surface area contributed by atoms with Crippen molar-refractivity contribution in [2.24, 2.45) is 5.92 Å². The van der Waals surface area contributed by atoms with Gasteiger partial charge in [-0.25, -0.2) is 0 Å². The van der Waals surface area contributed by atoms with Crippen LogP contribution in [0.3, 0.4) is 0 Å². The van der Waals surface area contributed by atoms with Crippen molar-refractivity contribution in [3.63, 3.8) is 0 Å². The highest BCUT2D eigenvalue weighted by Gasteiger charge is 2.25. The highest BCUT2D eigenvalue weighted by Crippen LogP contribution is 2.29. The highest BCUT2D eigenvalue weighted by molar-refractivity contribution is 4.84. The second kappa shape index (κ2) is 5.36. The molecule has 1 rings (SSSR count). The lowest BCUT2D eigenvalue weighted by molar-refractivity contribution is 0.388. The number of hydrogen-bond acceptors (Lipinski definition) is 1. The van der Waals surface area contributed by atoms with Gasteiger partial charge in [-0.05, 0) is 38.1 Å². The summed E-state index contributed by atoms with van der Waals surface area (Å²) in [6.45, 7) is 7.09. The molecule has 1 aliphatic rings. The van der Waals surface area contributed by atoms with Crippen LogP contribution in [0.4, 0.5) is 0 Å². The Morgan fingerprint density at radius 2 is 2.33 bits per heavy atom. The van der Waals surface area contributed by atoms with Gasteiger partial charge >= 0.3 is 0 Å². The van der Waals surface area contributed by atoms with Crippen molar-refractivity contribution in [2.45, 2.75) is 45.1 Å². The molecule has 0 aromatic rings. The number of hydrogen-bond donors (Lipinski definition) is 1. The quantitative estimate of drug-likeness (QED) is 0.621. The molecule has 1 saturated carbocycles. The van der Waals surface area contributed by atoms with Crippen molar-refractivity contribution in [3.8, 4) is 0 Å². The minimum atomic E-state index is 0.801. The van der Waals surface area contributed by atoms with Gasteiger partial charge in [-0.3, -0.25) is 0 Å². The molecule has 0 heterocycles. The smallest absolute Gasteiger partial charge is 0.00953 e. The van der Waals surface area contributed by atoms with E-state index >= 15 is 0 Å². The van der Waals surface area contributed by atoms with Crippen LogP contribution in [0.15, 0.2) is 12.7 Å². The third-order valence-electron chi connectivity index (χ3n) is 2.87. The lowest BCUT2D eigenvalue weighted by Crippen LogP contribution is -2.31. The van der Waals surface area contributed by atoms with Crippen LogP contribution in [0.2, 0.25) is 0 Å². The minimum Gasteiger partial charge on any atom is -0.314 e. The summed E-state index contributed by atoms with van der Waals surface area (Å²) in [4.78, 5) is 0. The molecule has 12 heavy (non-hydrogen) atoms. The normalized spacial score (nSPS) is 29.1. The molecule has 0 radical (unpaired) electrons. The second-order valence-corrected chi connectivity index (χ2v) is 3.72. The fraction of sp³-hybridized carbons (Fsp3) is 0.818. The zero-order valence-corrected chi connectivity index (χ0v) is 8.18. The summed E-state index contributed by atoms with van der Waals surface area (Å²) in [5, 5.41) is 3.57. The Morgan fingerprint density at radius 1 is 1.50 bits per heavy atom. The maximum absolute atomic E-state index is 3.77. The third-order valence-corrected chi connectivity index (χ3v) is 2.87. The SMILES string of the molecule is C=CCCC1CCCC1NCC. The van der Waals surface area contributed by atoms with Gasteiger partial charge in [0.05, 0.1) is 0 Å². The Hall–Kier alpha value is -0.300. The van der Waals surface area contributed by atoms with Crippen LogP contribution in [-0.4, -0.2) is 12.6 Å². The maximum atomic E-state index is 3.77. The van der Waals surface area contributed by atoms with E-state index in [-0.39, 0.29) is 0 Å². The molecule has 1 N–H and O–H groups in total. The number of allylic oxidation sites excluding steroid dienone is 1. The van der Waals surface area contributed by atoms with Crippen LogP contribution in [0, 0.1) is 5.92 Å². The molecule has 0 aromatic heterocycles. The number of nitrogens with one attached hydrogen (secondary N) is 1. The summed E-state index contributed by atoms with van der Waals surface area (Å²) in [6, 6.07) is 0.801. The van der Waals surface area contributed by atoms with E-state index in [0.717, 1.165) is 18.5 Å². The molecule has 0 bridgehead atoms. The van der Waals surface area contributed by atoms with E-state index in [1.165, 1.54) is 32.1 Å². The second-order valence-electron chi connectivity index (χ2n) is 3.72. The molecule has 1 heteroatoms. The van der Waals surface area contributed by atoms with E-state index in [1.807, 2.05) is 6.08 Å². The maximum Gasteiger partial charge on any atom is 0.00953 e. The Kier molecular flexibility index (Phi) is 4.37. The first-order chi connectivity index (χ1) is 5.88. The molecule has 2 unspecified atom stereocenters. The zero-order chi connectivity index (χ0) is 8.81. The van der Waals surface area contributed by atoms with Gasteiger partial charge < -0.3 is 5.32 Å². The van der Waals surface area contributed by atoms with Gasteiger partial charge in [0.25, 0.3) is 0 Å². The standard InChI is InChI=1S/C11H21N/c1-3-5-7-10-8-6-9-11(10)12-4-2/h3,10-12H,1,4-9H2,2H3. The van der Waals surface area contributed by atoms with Crippen molar-refractivity contribution < 1.29 is 0 Å². The summed E-state index contributed by atoms with van der Waals surface area (Å²) in [7, 11) is 0. The Balaban J connectivity index is 2.25. The average Bonchev–Trinajstić information content (AvgIpc) is 2.50. The van der Waals surface area contributed by atoms with Crippen LogP contribution in [-0.2, 0) is 0 Å². The molecule has 0 aromatic carbocycles. The highest BCUT2D eigenvalue weighted by atomic mass is 14.9. The van der Waals surface area contributed by atoms with Crippen LogP contribution >= 0.6 is 0 Å². The Bertz CT molecular complexity index is 131. The van der Waals surface area contributed by atoms with Gasteiger partial charge in [-0.15, -0.1) is 6.58 Å². The van der Waals surface area contributed by atoms with Crippen molar-refractivity contribution >= 4 is 0 Å². The summed E-state index contributed by atoms with van der Waals surface area (Å²) < 4.78 is 0. The van der Waals surface area contributed by atoms with E-state index in [0.29, 0.717) is 0 Å². The fourth-order valence-electron chi connectivity index (χ4n) is 2.25. The number of rotatable bonds is 5. The summed E-state index contributed by atoms with van der Waals surface area (Å²) in [5.41, 5.74) is 0. The summed E-state index contributed by atoms with van der Waals surface area (Å²) in [5.74, 6) is 0.919. The Morgan fingerprint density at radius 3 is 3.00 bits per heavy atom. The van der Waals surface area contributed by atoms with E-state index < -0.39 is 0 Å². The van der Waals surface area contributed by atoms with Gasteiger partial charge in [0, 0.05) is 6.04 Å². The molecule has 70 valence electrons. The predicted octanol–water partition coefficient (Wildman–Crippen LogP) is 2.73. The van der Waals surface area contributed by atoms with Crippen LogP contribution in [0.25, 0.3) is 0 Å².